The lowest BCUT2D eigenvalue weighted by atomic mass is 10.1. The van der Waals surface area contributed by atoms with Crippen molar-refractivity contribution < 1.29 is 14.2 Å². The third kappa shape index (κ3) is 7.41. The summed E-state index contributed by atoms with van der Waals surface area (Å²) in [7, 11) is -1.04. The van der Waals surface area contributed by atoms with Gasteiger partial charge in [-0.1, -0.05) is 60.7 Å². The Bertz CT molecular complexity index is 937. The van der Waals surface area contributed by atoms with Crippen LogP contribution in [0.1, 0.15) is 20.8 Å². The number of benzene rings is 3. The third-order valence-corrected chi connectivity index (χ3v) is 6.62. The molecule has 0 heterocycles. The summed E-state index contributed by atoms with van der Waals surface area (Å²) in [5, 5.41) is 16.7. The first-order chi connectivity index (χ1) is 15.3. The Morgan fingerprint density at radius 3 is 1.91 bits per heavy atom. The van der Waals surface area contributed by atoms with Gasteiger partial charge in [-0.05, 0) is 32.9 Å². The van der Waals surface area contributed by atoms with E-state index >= 15 is 0 Å². The second kappa shape index (κ2) is 11.2. The van der Waals surface area contributed by atoms with Gasteiger partial charge in [0.1, 0.15) is 18.5 Å². The van der Waals surface area contributed by atoms with Crippen molar-refractivity contribution in [2.24, 2.45) is 0 Å². The molecular weight excluding hydrogens is 423 g/mol. The van der Waals surface area contributed by atoms with Gasteiger partial charge in [-0.25, -0.2) is 0 Å². The zero-order valence-electron chi connectivity index (χ0n) is 18.6. The van der Waals surface area contributed by atoms with E-state index in [-0.39, 0.29) is 17.3 Å². The molecule has 0 spiro atoms. The molecule has 6 nitrogen and oxygen atoms in total. The molecule has 0 amide bonds. The van der Waals surface area contributed by atoms with Gasteiger partial charge in [0.25, 0.3) is 5.69 Å². The highest BCUT2D eigenvalue weighted by atomic mass is 31.1. The quantitative estimate of drug-likeness (QED) is 0.272. The SMILES string of the molecule is CC(C)(C)NCC(COc1ccc([N+](=O)[O-])cc1)OP(c1ccccc1)c1ccccc1. The smallest absolute Gasteiger partial charge is 0.269 e. The van der Waals surface area contributed by atoms with Crippen molar-refractivity contribution >= 4 is 24.4 Å². The second-order valence-electron chi connectivity index (χ2n) is 8.39. The Hall–Kier alpha value is -2.79. The molecule has 3 aromatic carbocycles. The first kappa shape index (κ1) is 23.9. The van der Waals surface area contributed by atoms with E-state index in [1.54, 1.807) is 12.1 Å². The Kier molecular flexibility index (Phi) is 8.34. The van der Waals surface area contributed by atoms with E-state index in [1.165, 1.54) is 12.1 Å². The predicted molar refractivity (Wildman–Crippen MR) is 130 cm³/mol. The molecule has 1 atom stereocenters. The maximum Gasteiger partial charge on any atom is 0.269 e. The molecule has 3 rings (SSSR count). The summed E-state index contributed by atoms with van der Waals surface area (Å²) < 4.78 is 12.6. The molecule has 168 valence electrons. The maximum atomic E-state index is 10.9. The second-order valence-corrected chi connectivity index (χ2v) is 10.2. The molecule has 0 aromatic heterocycles. The van der Waals surface area contributed by atoms with Crippen LogP contribution >= 0.6 is 8.15 Å². The first-order valence-electron chi connectivity index (χ1n) is 10.5. The molecule has 0 radical (unpaired) electrons. The minimum atomic E-state index is -1.04. The lowest BCUT2D eigenvalue weighted by Crippen LogP contribution is -2.43. The molecule has 0 saturated heterocycles. The van der Waals surface area contributed by atoms with Gasteiger partial charge < -0.3 is 14.6 Å². The predicted octanol–water partition coefficient (Wildman–Crippen LogP) is 4.79. The van der Waals surface area contributed by atoms with Gasteiger partial charge in [0.2, 0.25) is 0 Å². The van der Waals surface area contributed by atoms with Gasteiger partial charge >= 0.3 is 0 Å². The summed E-state index contributed by atoms with van der Waals surface area (Å²) in [4.78, 5) is 10.5. The topological polar surface area (TPSA) is 73.6 Å². The summed E-state index contributed by atoms with van der Waals surface area (Å²) >= 11 is 0. The minimum Gasteiger partial charge on any atom is -0.491 e. The third-order valence-electron chi connectivity index (χ3n) is 4.58. The molecule has 0 aliphatic heterocycles. The largest absolute Gasteiger partial charge is 0.491 e. The van der Waals surface area contributed by atoms with Crippen molar-refractivity contribution in [2.45, 2.75) is 32.4 Å². The number of nitrogens with zero attached hydrogens (tertiary/aromatic N) is 1. The molecule has 0 aliphatic carbocycles. The molecule has 0 aliphatic rings. The average molecular weight is 452 g/mol. The van der Waals surface area contributed by atoms with E-state index in [9.17, 15) is 10.1 Å². The van der Waals surface area contributed by atoms with Crippen LogP contribution in [-0.2, 0) is 4.52 Å². The van der Waals surface area contributed by atoms with Crippen LogP contribution in [0.25, 0.3) is 0 Å². The summed E-state index contributed by atoms with van der Waals surface area (Å²) in [5.74, 6) is 0.573. The zero-order valence-corrected chi connectivity index (χ0v) is 19.5. The van der Waals surface area contributed by atoms with Crippen molar-refractivity contribution in [1.82, 2.24) is 5.32 Å². The molecule has 0 fully saturated rings. The Morgan fingerprint density at radius 2 is 1.44 bits per heavy atom. The van der Waals surface area contributed by atoms with Crippen molar-refractivity contribution in [3.05, 3.63) is 95.0 Å². The van der Waals surface area contributed by atoms with E-state index < -0.39 is 13.1 Å². The van der Waals surface area contributed by atoms with Crippen LogP contribution in [0.15, 0.2) is 84.9 Å². The Morgan fingerprint density at radius 1 is 0.906 bits per heavy atom. The number of nitro benzene ring substituents is 1. The highest BCUT2D eigenvalue weighted by molar-refractivity contribution is 7.68. The summed E-state index contributed by atoms with van der Waals surface area (Å²) in [6, 6.07) is 26.5. The Balaban J connectivity index is 1.78. The normalized spacial score (nSPS) is 12.5. The monoisotopic (exact) mass is 452 g/mol. The van der Waals surface area contributed by atoms with E-state index in [0.717, 1.165) is 10.6 Å². The summed E-state index contributed by atoms with van der Waals surface area (Å²) in [6.07, 6.45) is -0.226. The lowest BCUT2D eigenvalue weighted by Gasteiger charge is -2.29. The van der Waals surface area contributed by atoms with E-state index in [2.05, 4.69) is 50.4 Å². The van der Waals surface area contributed by atoms with Gasteiger partial charge in [0, 0.05) is 34.8 Å². The van der Waals surface area contributed by atoms with Crippen LogP contribution in [0.3, 0.4) is 0 Å². The van der Waals surface area contributed by atoms with Crippen molar-refractivity contribution in [1.29, 1.82) is 0 Å². The van der Waals surface area contributed by atoms with Gasteiger partial charge in [0.05, 0.1) is 13.1 Å². The molecule has 32 heavy (non-hydrogen) atoms. The molecule has 1 N–H and O–H groups in total. The van der Waals surface area contributed by atoms with Crippen LogP contribution in [0.4, 0.5) is 5.69 Å². The summed E-state index contributed by atoms with van der Waals surface area (Å²) in [5.41, 5.74) is -0.0340. The number of nitrogens with one attached hydrogen (secondary N) is 1. The molecule has 7 heteroatoms. The molecular formula is C25H29N2O4P. The van der Waals surface area contributed by atoms with Crippen LogP contribution in [0.5, 0.6) is 5.75 Å². The average Bonchev–Trinajstić information content (AvgIpc) is 2.79. The van der Waals surface area contributed by atoms with Crippen molar-refractivity contribution in [2.75, 3.05) is 13.2 Å². The molecule has 3 aromatic rings. The van der Waals surface area contributed by atoms with Gasteiger partial charge in [0.15, 0.2) is 0 Å². The number of nitro groups is 1. The number of non-ortho nitro benzene ring substituents is 1. The Labute approximate surface area is 190 Å². The number of rotatable bonds is 10. The first-order valence-corrected chi connectivity index (χ1v) is 11.8. The minimum absolute atomic E-state index is 0.0382. The van der Waals surface area contributed by atoms with Crippen LogP contribution in [0, 0.1) is 10.1 Å². The highest BCUT2D eigenvalue weighted by Gasteiger charge is 2.23. The fraction of sp³-hybridized carbons (Fsp3) is 0.280. The molecule has 0 bridgehead atoms. The van der Waals surface area contributed by atoms with Gasteiger partial charge in [-0.2, -0.15) is 0 Å². The van der Waals surface area contributed by atoms with Gasteiger partial charge in [-0.15, -0.1) is 0 Å². The van der Waals surface area contributed by atoms with Crippen LogP contribution in [0.2, 0.25) is 0 Å². The fourth-order valence-corrected chi connectivity index (χ4v) is 4.81. The van der Waals surface area contributed by atoms with Crippen molar-refractivity contribution in [3.63, 3.8) is 0 Å². The highest BCUT2D eigenvalue weighted by Crippen LogP contribution is 2.36. The number of ether oxygens (including phenoxy) is 1. The standard InChI is InChI=1S/C25H29N2O4P/c1-25(2,3)26-18-22(19-30-21-16-14-20(15-17-21)27(28)29)31-32(23-10-6-4-7-11-23)24-12-8-5-9-13-24/h4-17,22,26H,18-19H2,1-3H3. The van der Waals surface area contributed by atoms with Crippen LogP contribution < -0.4 is 20.7 Å². The van der Waals surface area contributed by atoms with E-state index in [0.29, 0.717) is 18.9 Å². The van der Waals surface area contributed by atoms with E-state index in [1.807, 2.05) is 36.4 Å². The van der Waals surface area contributed by atoms with E-state index in [4.69, 9.17) is 9.26 Å². The molecule has 0 saturated carbocycles. The zero-order chi connectivity index (χ0) is 23.0. The fourth-order valence-electron chi connectivity index (χ4n) is 2.95. The maximum absolute atomic E-state index is 10.9. The lowest BCUT2D eigenvalue weighted by molar-refractivity contribution is -0.384. The van der Waals surface area contributed by atoms with Crippen molar-refractivity contribution in [3.8, 4) is 5.75 Å². The summed E-state index contributed by atoms with van der Waals surface area (Å²) in [6.45, 7) is 7.25. The van der Waals surface area contributed by atoms with Crippen LogP contribution in [-0.4, -0.2) is 29.7 Å². The number of hydrogen-bond acceptors (Lipinski definition) is 5. The van der Waals surface area contributed by atoms with Gasteiger partial charge in [-0.3, -0.25) is 10.1 Å². The number of hydrogen-bond donors (Lipinski definition) is 1. The molecule has 1 unspecified atom stereocenters.